The molecule has 2 saturated heterocycles. The second kappa shape index (κ2) is 4.22. The molecule has 3 atom stereocenters. The molecule has 3 fully saturated rings. The van der Waals surface area contributed by atoms with Gasteiger partial charge >= 0.3 is 5.97 Å². The van der Waals surface area contributed by atoms with E-state index in [1.54, 1.807) is 0 Å². The Balaban J connectivity index is 1.69. The lowest BCUT2D eigenvalue weighted by atomic mass is 9.75. The molecular weight excluding hydrogens is 226 g/mol. The van der Waals surface area contributed by atoms with Crippen LogP contribution in [0.15, 0.2) is 0 Å². The lowest BCUT2D eigenvalue weighted by Crippen LogP contribution is -2.43. The van der Waals surface area contributed by atoms with Gasteiger partial charge in [-0.15, -0.1) is 0 Å². The van der Waals surface area contributed by atoms with Gasteiger partial charge in [0.25, 0.3) is 0 Å². The maximum Gasteiger partial charge on any atom is 0.308 e. The highest BCUT2D eigenvalue weighted by atomic mass is 16.4. The quantitative estimate of drug-likeness (QED) is 0.820. The van der Waals surface area contributed by atoms with Crippen LogP contribution in [-0.2, 0) is 4.79 Å². The second-order valence-corrected chi connectivity index (χ2v) is 7.32. The maximum absolute atomic E-state index is 11.3. The third-order valence-corrected chi connectivity index (χ3v) is 5.64. The van der Waals surface area contributed by atoms with Crippen molar-refractivity contribution < 1.29 is 9.90 Å². The number of carboxylic acids is 1. The highest BCUT2D eigenvalue weighted by molar-refractivity contribution is 5.71. The SMILES string of the molecule is CC1(C)CCC(N2C3CCC2C(C(=O)O)C3)CC1. The topological polar surface area (TPSA) is 40.5 Å². The van der Waals surface area contributed by atoms with E-state index in [0.29, 0.717) is 23.5 Å². The van der Waals surface area contributed by atoms with Crippen LogP contribution in [0.2, 0.25) is 0 Å². The van der Waals surface area contributed by atoms with E-state index in [-0.39, 0.29) is 5.92 Å². The van der Waals surface area contributed by atoms with Crippen molar-refractivity contribution in [2.24, 2.45) is 11.3 Å². The Labute approximate surface area is 110 Å². The number of nitrogens with zero attached hydrogens (tertiary/aromatic N) is 1. The first-order valence-electron chi connectivity index (χ1n) is 7.48. The van der Waals surface area contributed by atoms with Gasteiger partial charge in [0.05, 0.1) is 5.92 Å². The van der Waals surface area contributed by atoms with Crippen molar-refractivity contribution in [2.45, 2.75) is 76.9 Å². The Bertz CT molecular complexity index is 342. The van der Waals surface area contributed by atoms with Gasteiger partial charge in [0.15, 0.2) is 0 Å². The van der Waals surface area contributed by atoms with Crippen LogP contribution in [0.3, 0.4) is 0 Å². The number of aliphatic carboxylic acids is 1. The van der Waals surface area contributed by atoms with E-state index in [1.807, 2.05) is 0 Å². The number of hydrogen-bond donors (Lipinski definition) is 1. The monoisotopic (exact) mass is 251 g/mol. The minimum Gasteiger partial charge on any atom is -0.481 e. The zero-order chi connectivity index (χ0) is 12.9. The molecule has 3 aliphatic rings. The Morgan fingerprint density at radius 3 is 2.33 bits per heavy atom. The van der Waals surface area contributed by atoms with Crippen LogP contribution in [0.1, 0.15) is 58.8 Å². The predicted octanol–water partition coefficient (Wildman–Crippen LogP) is 2.89. The third-order valence-electron chi connectivity index (χ3n) is 5.64. The van der Waals surface area contributed by atoms with Crippen molar-refractivity contribution in [1.82, 2.24) is 4.90 Å². The van der Waals surface area contributed by atoms with Crippen LogP contribution in [0.5, 0.6) is 0 Å². The molecule has 0 aromatic heterocycles. The van der Waals surface area contributed by atoms with E-state index in [0.717, 1.165) is 12.8 Å². The van der Waals surface area contributed by atoms with Crippen molar-refractivity contribution in [3.8, 4) is 0 Å². The Morgan fingerprint density at radius 1 is 1.11 bits per heavy atom. The summed E-state index contributed by atoms with van der Waals surface area (Å²) >= 11 is 0. The van der Waals surface area contributed by atoms with Gasteiger partial charge in [0.1, 0.15) is 0 Å². The fraction of sp³-hybridized carbons (Fsp3) is 0.933. The molecule has 0 amide bonds. The van der Waals surface area contributed by atoms with Gasteiger partial charge in [-0.25, -0.2) is 0 Å². The number of rotatable bonds is 2. The van der Waals surface area contributed by atoms with Crippen LogP contribution < -0.4 is 0 Å². The van der Waals surface area contributed by atoms with E-state index in [4.69, 9.17) is 0 Å². The van der Waals surface area contributed by atoms with Crippen molar-refractivity contribution in [1.29, 1.82) is 0 Å². The zero-order valence-electron chi connectivity index (χ0n) is 11.6. The average Bonchev–Trinajstić information content (AvgIpc) is 2.86. The smallest absolute Gasteiger partial charge is 0.308 e. The molecule has 2 bridgehead atoms. The molecular formula is C15H25NO2. The van der Waals surface area contributed by atoms with Crippen LogP contribution in [-0.4, -0.2) is 34.1 Å². The molecule has 0 spiro atoms. The summed E-state index contributed by atoms with van der Waals surface area (Å²) in [4.78, 5) is 13.9. The predicted molar refractivity (Wildman–Crippen MR) is 70.4 cm³/mol. The lowest BCUT2D eigenvalue weighted by Gasteiger charge is -2.40. The lowest BCUT2D eigenvalue weighted by molar-refractivity contribution is -0.142. The molecule has 0 aromatic rings. The molecule has 3 rings (SSSR count). The van der Waals surface area contributed by atoms with Crippen LogP contribution >= 0.6 is 0 Å². The van der Waals surface area contributed by atoms with Gasteiger partial charge in [-0.05, 0) is 50.4 Å². The van der Waals surface area contributed by atoms with E-state index < -0.39 is 5.97 Å². The number of fused-ring (bicyclic) bond motifs is 2. The molecule has 1 aliphatic carbocycles. The van der Waals surface area contributed by atoms with Gasteiger partial charge in [-0.1, -0.05) is 13.8 Å². The summed E-state index contributed by atoms with van der Waals surface area (Å²) in [5.41, 5.74) is 0.501. The highest BCUT2D eigenvalue weighted by Crippen LogP contribution is 2.47. The average molecular weight is 251 g/mol. The van der Waals surface area contributed by atoms with Gasteiger partial charge in [-0.2, -0.15) is 0 Å². The minimum atomic E-state index is -0.566. The molecule has 1 saturated carbocycles. The molecule has 2 heterocycles. The minimum absolute atomic E-state index is 0.0845. The molecule has 1 N–H and O–H groups in total. The van der Waals surface area contributed by atoms with Crippen molar-refractivity contribution in [3.63, 3.8) is 0 Å². The number of hydrogen-bond acceptors (Lipinski definition) is 2. The second-order valence-electron chi connectivity index (χ2n) is 7.32. The largest absolute Gasteiger partial charge is 0.481 e. The molecule has 2 aliphatic heterocycles. The van der Waals surface area contributed by atoms with Gasteiger partial charge in [0, 0.05) is 18.1 Å². The van der Waals surface area contributed by atoms with Crippen LogP contribution in [0.4, 0.5) is 0 Å². The summed E-state index contributed by atoms with van der Waals surface area (Å²) in [5, 5.41) is 9.31. The summed E-state index contributed by atoms with van der Waals surface area (Å²) in [5.74, 6) is -0.651. The molecule has 0 radical (unpaired) electrons. The molecule has 3 unspecified atom stereocenters. The fourth-order valence-electron chi connectivity index (χ4n) is 4.55. The summed E-state index contributed by atoms with van der Waals surface area (Å²) in [6, 6.07) is 1.58. The van der Waals surface area contributed by atoms with Gasteiger partial charge in [0.2, 0.25) is 0 Å². The summed E-state index contributed by atoms with van der Waals surface area (Å²) < 4.78 is 0. The Kier molecular flexibility index (Phi) is 2.92. The first kappa shape index (κ1) is 12.5. The van der Waals surface area contributed by atoms with E-state index in [9.17, 15) is 9.90 Å². The normalized spacial score (nSPS) is 40.2. The van der Waals surface area contributed by atoms with Crippen LogP contribution in [0.25, 0.3) is 0 Å². The maximum atomic E-state index is 11.3. The van der Waals surface area contributed by atoms with E-state index >= 15 is 0 Å². The molecule has 3 heteroatoms. The molecule has 18 heavy (non-hydrogen) atoms. The molecule has 3 nitrogen and oxygen atoms in total. The van der Waals surface area contributed by atoms with Gasteiger partial charge < -0.3 is 5.11 Å². The highest BCUT2D eigenvalue weighted by Gasteiger charge is 2.51. The van der Waals surface area contributed by atoms with Gasteiger partial charge in [-0.3, -0.25) is 9.69 Å². The summed E-state index contributed by atoms with van der Waals surface area (Å²) in [6.07, 6.45) is 8.38. The van der Waals surface area contributed by atoms with E-state index in [2.05, 4.69) is 18.7 Å². The fourth-order valence-corrected chi connectivity index (χ4v) is 4.55. The Morgan fingerprint density at radius 2 is 1.78 bits per heavy atom. The summed E-state index contributed by atoms with van der Waals surface area (Å²) in [7, 11) is 0. The Hall–Kier alpha value is -0.570. The summed E-state index contributed by atoms with van der Waals surface area (Å²) in [6.45, 7) is 4.73. The first-order valence-corrected chi connectivity index (χ1v) is 7.48. The standard InChI is InChI=1S/C15H25NO2/c1-15(2)7-5-10(6-8-15)16-11-3-4-13(16)12(9-11)14(17)18/h10-13H,3-9H2,1-2H3,(H,17,18). The third kappa shape index (κ3) is 1.97. The van der Waals surface area contributed by atoms with Crippen LogP contribution in [0, 0.1) is 11.3 Å². The number of carboxylic acid groups (broad SMARTS) is 1. The first-order chi connectivity index (χ1) is 8.48. The van der Waals surface area contributed by atoms with E-state index in [1.165, 1.54) is 32.1 Å². The molecule has 102 valence electrons. The van der Waals surface area contributed by atoms with Crippen molar-refractivity contribution in [2.75, 3.05) is 0 Å². The van der Waals surface area contributed by atoms with Crippen molar-refractivity contribution >= 4 is 5.97 Å². The zero-order valence-corrected chi connectivity index (χ0v) is 11.6. The van der Waals surface area contributed by atoms with Crippen molar-refractivity contribution in [3.05, 3.63) is 0 Å². The number of carbonyl (C=O) groups is 1. The molecule has 0 aromatic carbocycles.